The molecule has 0 spiro atoms. The number of nitrogens with zero attached hydrogens (tertiary/aromatic N) is 1. The predicted molar refractivity (Wildman–Crippen MR) is 127 cm³/mol. The van der Waals surface area contributed by atoms with E-state index in [2.05, 4.69) is 17.6 Å². The second kappa shape index (κ2) is 12.2. The van der Waals surface area contributed by atoms with E-state index in [1.165, 1.54) is 18.2 Å². The quantitative estimate of drug-likeness (QED) is 0.522. The van der Waals surface area contributed by atoms with E-state index in [1.54, 1.807) is 18.1 Å². The Bertz CT molecular complexity index is 1010. The number of likely N-dealkylation sites (tertiary alicyclic amines) is 1. The molecule has 3 rings (SSSR count). The van der Waals surface area contributed by atoms with Gasteiger partial charge in [0.1, 0.15) is 11.6 Å². The van der Waals surface area contributed by atoms with Crippen molar-refractivity contribution in [2.45, 2.75) is 38.6 Å². The van der Waals surface area contributed by atoms with Crippen LogP contribution in [0.3, 0.4) is 0 Å². The lowest BCUT2D eigenvalue weighted by atomic mass is 9.83. The highest BCUT2D eigenvalue weighted by Gasteiger charge is 2.41. The van der Waals surface area contributed by atoms with Gasteiger partial charge in [0.25, 0.3) is 5.91 Å². The highest BCUT2D eigenvalue weighted by atomic mass is 19.1. The van der Waals surface area contributed by atoms with Crippen LogP contribution < -0.4 is 15.4 Å². The van der Waals surface area contributed by atoms with Crippen LogP contribution in [0, 0.1) is 11.7 Å². The molecule has 1 aliphatic rings. The molecule has 2 atom stereocenters. The van der Waals surface area contributed by atoms with Gasteiger partial charge in [-0.3, -0.25) is 14.4 Å². The van der Waals surface area contributed by atoms with Gasteiger partial charge in [-0.15, -0.1) is 0 Å². The first-order valence-corrected chi connectivity index (χ1v) is 11.7. The standard InChI is InChI=1S/C26H32FN3O4/c1-3-4-17-30-23(31)14-13-20(24(30)19-10-6-8-12-22(19)34-2)26(33)29-16-15-28-25(32)18-9-5-7-11-21(18)27/h5-12,20,24H,3-4,13-17H2,1-2H3,(H,28,32)(H,29,33). The van der Waals surface area contributed by atoms with E-state index in [-0.39, 0.29) is 30.5 Å². The van der Waals surface area contributed by atoms with Crippen molar-refractivity contribution < 1.29 is 23.5 Å². The van der Waals surface area contributed by atoms with Crippen LogP contribution in [0.25, 0.3) is 0 Å². The Morgan fingerprint density at radius 3 is 2.53 bits per heavy atom. The summed E-state index contributed by atoms with van der Waals surface area (Å²) in [6, 6.07) is 12.8. The first kappa shape index (κ1) is 25.2. The summed E-state index contributed by atoms with van der Waals surface area (Å²) in [5, 5.41) is 5.50. The van der Waals surface area contributed by atoms with E-state index in [4.69, 9.17) is 4.74 Å². The number of nitrogens with one attached hydrogen (secondary N) is 2. The summed E-state index contributed by atoms with van der Waals surface area (Å²) in [6.45, 7) is 2.98. The summed E-state index contributed by atoms with van der Waals surface area (Å²) in [6.07, 6.45) is 2.50. The molecule has 1 saturated heterocycles. The molecule has 2 N–H and O–H groups in total. The lowest BCUT2D eigenvalue weighted by molar-refractivity contribution is -0.143. The number of unbranched alkanes of at least 4 members (excludes halogenated alkanes) is 1. The molecule has 0 aromatic heterocycles. The molecule has 2 aromatic rings. The maximum absolute atomic E-state index is 13.8. The molecule has 0 bridgehead atoms. The molecule has 0 aliphatic carbocycles. The van der Waals surface area contributed by atoms with Crippen LogP contribution in [0.1, 0.15) is 54.6 Å². The van der Waals surface area contributed by atoms with Crippen molar-refractivity contribution >= 4 is 17.7 Å². The summed E-state index contributed by atoms with van der Waals surface area (Å²) < 4.78 is 19.3. The molecule has 1 heterocycles. The maximum atomic E-state index is 13.8. The zero-order valence-corrected chi connectivity index (χ0v) is 19.7. The molecule has 0 radical (unpaired) electrons. The van der Waals surface area contributed by atoms with E-state index in [0.717, 1.165) is 18.4 Å². The van der Waals surface area contributed by atoms with Crippen molar-refractivity contribution in [1.82, 2.24) is 15.5 Å². The fourth-order valence-corrected chi connectivity index (χ4v) is 4.35. The zero-order chi connectivity index (χ0) is 24.5. The molecule has 2 unspecified atom stereocenters. The van der Waals surface area contributed by atoms with Gasteiger partial charge in [0.2, 0.25) is 11.8 Å². The van der Waals surface area contributed by atoms with Gasteiger partial charge >= 0.3 is 0 Å². The average Bonchev–Trinajstić information content (AvgIpc) is 2.85. The minimum atomic E-state index is -0.595. The molecule has 7 nitrogen and oxygen atoms in total. The number of carbonyl (C=O) groups excluding carboxylic acids is 3. The van der Waals surface area contributed by atoms with Gasteiger partial charge in [0.05, 0.1) is 24.6 Å². The number of amides is 3. The largest absolute Gasteiger partial charge is 0.496 e. The first-order valence-electron chi connectivity index (χ1n) is 11.7. The van der Waals surface area contributed by atoms with E-state index in [1.807, 2.05) is 24.3 Å². The number of benzene rings is 2. The third-order valence-electron chi connectivity index (χ3n) is 6.08. The van der Waals surface area contributed by atoms with Gasteiger partial charge < -0.3 is 20.3 Å². The number of hydrogen-bond donors (Lipinski definition) is 2. The fourth-order valence-electron chi connectivity index (χ4n) is 4.35. The number of para-hydroxylation sites is 1. The summed E-state index contributed by atoms with van der Waals surface area (Å²) in [4.78, 5) is 40.0. The van der Waals surface area contributed by atoms with E-state index in [9.17, 15) is 18.8 Å². The highest BCUT2D eigenvalue weighted by molar-refractivity contribution is 5.94. The second-order valence-electron chi connectivity index (χ2n) is 8.30. The number of carbonyl (C=O) groups is 3. The summed E-state index contributed by atoms with van der Waals surface area (Å²) in [5.74, 6) is -1.10. The lowest BCUT2D eigenvalue weighted by Crippen LogP contribution is -2.49. The van der Waals surface area contributed by atoms with Crippen LogP contribution in [0.5, 0.6) is 5.75 Å². The summed E-state index contributed by atoms with van der Waals surface area (Å²) in [5.41, 5.74) is 0.768. The van der Waals surface area contributed by atoms with Crippen molar-refractivity contribution in [1.29, 1.82) is 0 Å². The maximum Gasteiger partial charge on any atom is 0.254 e. The molecule has 1 aliphatic heterocycles. The van der Waals surface area contributed by atoms with Crippen molar-refractivity contribution in [2.75, 3.05) is 26.7 Å². The minimum Gasteiger partial charge on any atom is -0.496 e. The Hall–Kier alpha value is -3.42. The molecule has 0 saturated carbocycles. The number of piperidine rings is 1. The van der Waals surface area contributed by atoms with Crippen LogP contribution in [0.15, 0.2) is 48.5 Å². The van der Waals surface area contributed by atoms with Crippen molar-refractivity contribution in [3.8, 4) is 5.75 Å². The normalized spacial score (nSPS) is 17.9. The Kier molecular flexibility index (Phi) is 9.01. The molecule has 3 amide bonds. The third kappa shape index (κ3) is 5.92. The van der Waals surface area contributed by atoms with E-state index in [0.29, 0.717) is 25.1 Å². The van der Waals surface area contributed by atoms with Crippen LogP contribution in [0.4, 0.5) is 4.39 Å². The lowest BCUT2D eigenvalue weighted by Gasteiger charge is -2.41. The van der Waals surface area contributed by atoms with Gasteiger partial charge in [-0.2, -0.15) is 0 Å². The molecule has 2 aromatic carbocycles. The number of rotatable bonds is 10. The monoisotopic (exact) mass is 469 g/mol. The van der Waals surface area contributed by atoms with Gasteiger partial charge in [0.15, 0.2) is 0 Å². The van der Waals surface area contributed by atoms with Crippen LogP contribution in [0.2, 0.25) is 0 Å². The molecule has 1 fully saturated rings. The molecule has 182 valence electrons. The summed E-state index contributed by atoms with van der Waals surface area (Å²) >= 11 is 0. The molecular formula is C26H32FN3O4. The van der Waals surface area contributed by atoms with Gasteiger partial charge in [-0.1, -0.05) is 43.7 Å². The Labute approximate surface area is 199 Å². The van der Waals surface area contributed by atoms with Gasteiger partial charge in [-0.25, -0.2) is 4.39 Å². The smallest absolute Gasteiger partial charge is 0.254 e. The van der Waals surface area contributed by atoms with Crippen LogP contribution in [-0.4, -0.2) is 49.4 Å². The van der Waals surface area contributed by atoms with Gasteiger partial charge in [0, 0.05) is 31.6 Å². The molecule has 8 heteroatoms. The van der Waals surface area contributed by atoms with Crippen LogP contribution in [-0.2, 0) is 9.59 Å². The van der Waals surface area contributed by atoms with E-state index >= 15 is 0 Å². The van der Waals surface area contributed by atoms with Crippen LogP contribution >= 0.6 is 0 Å². The average molecular weight is 470 g/mol. The Morgan fingerprint density at radius 2 is 1.79 bits per heavy atom. The van der Waals surface area contributed by atoms with Crippen molar-refractivity contribution in [2.24, 2.45) is 5.92 Å². The first-order chi connectivity index (χ1) is 16.5. The van der Waals surface area contributed by atoms with Gasteiger partial charge in [-0.05, 0) is 31.0 Å². The Balaban J connectivity index is 1.69. The SMILES string of the molecule is CCCCN1C(=O)CCC(C(=O)NCCNC(=O)c2ccccc2F)C1c1ccccc1OC. The molecular weight excluding hydrogens is 437 g/mol. The predicted octanol–water partition coefficient (Wildman–Crippen LogP) is 3.46. The zero-order valence-electron chi connectivity index (χ0n) is 19.7. The molecule has 34 heavy (non-hydrogen) atoms. The number of hydrogen-bond acceptors (Lipinski definition) is 4. The Morgan fingerprint density at radius 1 is 1.09 bits per heavy atom. The number of methoxy groups -OCH3 is 1. The fraction of sp³-hybridized carbons (Fsp3) is 0.423. The third-order valence-corrected chi connectivity index (χ3v) is 6.08. The summed E-state index contributed by atoms with van der Waals surface area (Å²) in [7, 11) is 1.58. The topological polar surface area (TPSA) is 87.7 Å². The van der Waals surface area contributed by atoms with E-state index < -0.39 is 23.7 Å². The number of halogens is 1. The second-order valence-corrected chi connectivity index (χ2v) is 8.30. The van der Waals surface area contributed by atoms with Crippen molar-refractivity contribution in [3.63, 3.8) is 0 Å². The highest BCUT2D eigenvalue weighted by Crippen LogP contribution is 2.40. The number of ether oxygens (including phenoxy) is 1. The minimum absolute atomic E-state index is 0.0329. The van der Waals surface area contributed by atoms with Crippen molar-refractivity contribution in [3.05, 3.63) is 65.5 Å².